The average molecular weight is 309 g/mol. The molecule has 0 saturated heterocycles. The summed E-state index contributed by atoms with van der Waals surface area (Å²) in [6.45, 7) is 12.0. The lowest BCUT2D eigenvalue weighted by Gasteiger charge is -2.38. The molecule has 0 aliphatic heterocycles. The van der Waals surface area contributed by atoms with Crippen LogP contribution in [0.1, 0.15) is 41.0 Å². The van der Waals surface area contributed by atoms with Gasteiger partial charge in [-0.05, 0) is 40.7 Å². The highest BCUT2D eigenvalue weighted by Crippen LogP contribution is 2.27. The van der Waals surface area contributed by atoms with Crippen molar-refractivity contribution in [2.45, 2.75) is 53.1 Å². The third-order valence-electron chi connectivity index (χ3n) is 2.57. The fourth-order valence-corrected chi connectivity index (χ4v) is 4.75. The lowest BCUT2D eigenvalue weighted by Crippen LogP contribution is -2.54. The van der Waals surface area contributed by atoms with E-state index in [1.165, 1.54) is 0 Å². The van der Waals surface area contributed by atoms with E-state index in [0.717, 1.165) is 6.42 Å². The molecule has 0 aliphatic carbocycles. The molecule has 0 rings (SSSR count). The predicted molar refractivity (Wildman–Crippen MR) is 80.2 cm³/mol. The lowest BCUT2D eigenvalue weighted by atomic mass is 10.5. The first kappa shape index (κ1) is 20.0. The van der Waals surface area contributed by atoms with E-state index in [4.69, 9.17) is 28.5 Å². The average Bonchev–Trinajstić information content (AvgIpc) is 2.37. The molecule has 0 fully saturated rings. The van der Waals surface area contributed by atoms with Gasteiger partial charge in [-0.25, -0.2) is 0 Å². The summed E-state index contributed by atoms with van der Waals surface area (Å²) in [7, 11) is -2.86. The van der Waals surface area contributed by atoms with Gasteiger partial charge in [-0.15, -0.1) is 0 Å². The Balaban J connectivity index is 5.03. The Labute approximate surface area is 124 Å². The van der Waals surface area contributed by atoms with Gasteiger partial charge in [0.05, 0.1) is 0 Å². The summed E-state index contributed by atoms with van der Waals surface area (Å²) in [4.78, 5) is 0. The van der Waals surface area contributed by atoms with Crippen LogP contribution in [0.5, 0.6) is 0 Å². The Morgan fingerprint density at radius 3 is 1.75 bits per heavy atom. The topological polar surface area (TPSA) is 72.2 Å². The highest BCUT2D eigenvalue weighted by atomic mass is 28.4. The van der Waals surface area contributed by atoms with Crippen molar-refractivity contribution < 1.29 is 22.8 Å². The first-order valence-electron chi connectivity index (χ1n) is 7.47. The second-order valence-corrected chi connectivity index (χ2v) is 6.92. The van der Waals surface area contributed by atoms with E-state index in [-0.39, 0.29) is 0 Å². The van der Waals surface area contributed by atoms with Crippen LogP contribution in [0.2, 0.25) is 6.04 Å². The maximum absolute atomic E-state index is 6.08. The van der Waals surface area contributed by atoms with Crippen LogP contribution in [0, 0.1) is 0 Å². The second kappa shape index (κ2) is 10.7. The molecule has 0 unspecified atom stereocenters. The molecule has 6 nitrogen and oxygen atoms in total. The van der Waals surface area contributed by atoms with Crippen LogP contribution < -0.4 is 5.73 Å². The summed E-state index contributed by atoms with van der Waals surface area (Å²) in [5.74, 6) is -1.14. The Kier molecular flexibility index (Phi) is 10.7. The molecular formula is C13H31NO5Si. The Morgan fingerprint density at radius 1 is 0.900 bits per heavy atom. The van der Waals surface area contributed by atoms with Crippen molar-refractivity contribution in [3.8, 4) is 0 Å². The number of hydrogen-bond acceptors (Lipinski definition) is 6. The monoisotopic (exact) mass is 309 g/mol. The van der Waals surface area contributed by atoms with Gasteiger partial charge < -0.3 is 28.5 Å². The van der Waals surface area contributed by atoms with Crippen LogP contribution in [0.25, 0.3) is 0 Å². The summed E-state index contributed by atoms with van der Waals surface area (Å²) >= 11 is 0. The van der Waals surface area contributed by atoms with Gasteiger partial charge in [-0.2, -0.15) is 0 Å². The largest absolute Gasteiger partial charge is 0.504 e. The summed E-state index contributed by atoms with van der Waals surface area (Å²) in [6.07, 6.45) is 0.778. The molecule has 20 heavy (non-hydrogen) atoms. The van der Waals surface area contributed by atoms with Gasteiger partial charge >= 0.3 is 8.80 Å². The highest BCUT2D eigenvalue weighted by molar-refractivity contribution is 6.60. The maximum Gasteiger partial charge on any atom is 0.504 e. The highest BCUT2D eigenvalue weighted by Gasteiger charge is 2.47. The van der Waals surface area contributed by atoms with Crippen LogP contribution in [0.3, 0.4) is 0 Å². The van der Waals surface area contributed by atoms with Crippen LogP contribution in [-0.4, -0.2) is 47.7 Å². The minimum atomic E-state index is -2.86. The SMILES string of the molecule is CCOC(C)(OCC)O[Si](CCCN)(OCC)OCC. The molecule has 0 aromatic carbocycles. The zero-order chi connectivity index (χ0) is 15.5. The smallest absolute Gasteiger partial charge is 0.374 e. The van der Waals surface area contributed by atoms with Crippen molar-refractivity contribution in [1.82, 2.24) is 0 Å². The van der Waals surface area contributed by atoms with E-state index in [1.807, 2.05) is 27.7 Å². The third kappa shape index (κ3) is 7.12. The van der Waals surface area contributed by atoms with E-state index >= 15 is 0 Å². The Hall–Kier alpha value is -0.0231. The summed E-state index contributed by atoms with van der Waals surface area (Å²) < 4.78 is 29.0. The molecule has 0 bridgehead atoms. The van der Waals surface area contributed by atoms with Gasteiger partial charge in [0.15, 0.2) is 0 Å². The van der Waals surface area contributed by atoms with Crippen LogP contribution >= 0.6 is 0 Å². The lowest BCUT2D eigenvalue weighted by molar-refractivity contribution is -0.345. The van der Waals surface area contributed by atoms with Crippen molar-refractivity contribution in [3.63, 3.8) is 0 Å². The van der Waals surface area contributed by atoms with Crippen molar-refractivity contribution in [2.24, 2.45) is 5.73 Å². The van der Waals surface area contributed by atoms with E-state index in [9.17, 15) is 0 Å². The second-order valence-electron chi connectivity index (χ2n) is 4.27. The van der Waals surface area contributed by atoms with Crippen molar-refractivity contribution in [3.05, 3.63) is 0 Å². The van der Waals surface area contributed by atoms with Crippen LogP contribution in [0.4, 0.5) is 0 Å². The van der Waals surface area contributed by atoms with Crippen molar-refractivity contribution in [2.75, 3.05) is 33.0 Å². The van der Waals surface area contributed by atoms with E-state index in [0.29, 0.717) is 39.0 Å². The van der Waals surface area contributed by atoms with Crippen LogP contribution in [-0.2, 0) is 22.8 Å². The van der Waals surface area contributed by atoms with Crippen LogP contribution in [0.15, 0.2) is 0 Å². The first-order chi connectivity index (χ1) is 9.51. The van der Waals surface area contributed by atoms with E-state index in [1.54, 1.807) is 6.92 Å². The van der Waals surface area contributed by atoms with E-state index < -0.39 is 14.8 Å². The minimum absolute atomic E-state index is 0.482. The number of nitrogens with two attached hydrogens (primary N) is 1. The molecule has 7 heteroatoms. The minimum Gasteiger partial charge on any atom is -0.374 e. The molecule has 0 atom stereocenters. The van der Waals surface area contributed by atoms with E-state index in [2.05, 4.69) is 0 Å². The fraction of sp³-hybridized carbons (Fsp3) is 1.00. The Morgan fingerprint density at radius 2 is 1.40 bits per heavy atom. The number of rotatable bonds is 13. The number of hydrogen-bond donors (Lipinski definition) is 1. The first-order valence-corrected chi connectivity index (χ1v) is 9.40. The van der Waals surface area contributed by atoms with Gasteiger partial charge in [-0.3, -0.25) is 0 Å². The summed E-state index contributed by atoms with van der Waals surface area (Å²) in [5, 5.41) is 0. The fourth-order valence-electron chi connectivity index (χ4n) is 1.96. The molecule has 0 saturated carbocycles. The number of ether oxygens (including phenoxy) is 2. The third-order valence-corrected chi connectivity index (χ3v) is 5.67. The molecule has 0 aliphatic rings. The predicted octanol–water partition coefficient (Wildman–Crippen LogP) is 2.11. The van der Waals surface area contributed by atoms with Gasteiger partial charge in [-0.1, -0.05) is 0 Å². The molecule has 0 heterocycles. The standard InChI is InChI=1S/C13H31NO5Si/c1-6-15-13(5,16-7-2)19-20(17-8-3,18-9-4)12-10-11-14/h6-12,14H2,1-5H3. The zero-order valence-electron chi connectivity index (χ0n) is 13.6. The molecule has 122 valence electrons. The normalized spacial score (nSPS) is 12.9. The summed E-state index contributed by atoms with van der Waals surface area (Å²) in [6, 6.07) is 0.654. The quantitative estimate of drug-likeness (QED) is 0.415. The van der Waals surface area contributed by atoms with Gasteiger partial charge in [0.1, 0.15) is 0 Å². The zero-order valence-corrected chi connectivity index (χ0v) is 14.6. The van der Waals surface area contributed by atoms with Gasteiger partial charge in [0.25, 0.3) is 5.97 Å². The van der Waals surface area contributed by atoms with Gasteiger partial charge in [0.2, 0.25) is 0 Å². The molecule has 0 aromatic rings. The molecule has 0 aromatic heterocycles. The molecule has 0 radical (unpaired) electrons. The van der Waals surface area contributed by atoms with Gasteiger partial charge in [0, 0.05) is 39.4 Å². The van der Waals surface area contributed by atoms with Crippen molar-refractivity contribution in [1.29, 1.82) is 0 Å². The maximum atomic E-state index is 6.08. The molecule has 0 amide bonds. The molecule has 0 spiro atoms. The molecular weight excluding hydrogens is 278 g/mol. The van der Waals surface area contributed by atoms with Crippen molar-refractivity contribution >= 4 is 8.80 Å². The Bertz CT molecular complexity index is 231. The molecule has 2 N–H and O–H groups in total. The summed E-state index contributed by atoms with van der Waals surface area (Å²) in [5.41, 5.74) is 5.60.